The first-order chi connectivity index (χ1) is 35.2. The van der Waals surface area contributed by atoms with Crippen molar-refractivity contribution in [3.05, 3.63) is 138 Å². The smallest absolute Gasteiger partial charge is 0.271 e. The fourth-order valence-corrected chi connectivity index (χ4v) is 10.9. The number of ether oxygens (including phenoxy) is 7. The van der Waals surface area contributed by atoms with E-state index >= 15 is 0 Å². The molecule has 2 aromatic heterocycles. The molecule has 1 aliphatic heterocycles. The maximum atomic E-state index is 13.4. The number of sulfone groups is 2. The molecular formula is C51H45N5O13S4. The second kappa shape index (κ2) is 22.2. The van der Waals surface area contributed by atoms with Gasteiger partial charge in [-0.1, -0.05) is 60.8 Å². The first-order valence-corrected chi connectivity index (χ1v) is 27.1. The van der Waals surface area contributed by atoms with Gasteiger partial charge >= 0.3 is 0 Å². The molecule has 376 valence electrons. The average molecular weight is 1060 g/mol. The van der Waals surface area contributed by atoms with E-state index in [-0.39, 0.29) is 28.1 Å². The van der Waals surface area contributed by atoms with E-state index in [9.17, 15) is 26.4 Å². The van der Waals surface area contributed by atoms with Gasteiger partial charge in [-0.05, 0) is 97.1 Å². The Morgan fingerprint density at radius 2 is 1.10 bits per heavy atom. The minimum absolute atomic E-state index is 0.0192. The van der Waals surface area contributed by atoms with Gasteiger partial charge in [0.2, 0.25) is 19.0 Å². The molecule has 73 heavy (non-hydrogen) atoms. The SMILES string of the molecule is CCS(=O)(=O)c1ccc(C(Oc2ccc(C#N)cc2)C(=O)Nc2nc3ccc(OC)c(OC)c3s2)cc1.CCS(=O)(=O)c1ccc(C(Oc2ccc(OC)cc2)C(=O)Nc2nc3ccc4c(c3s2)OCO4)cc1. The molecule has 0 bridgehead atoms. The van der Waals surface area contributed by atoms with Crippen molar-refractivity contribution in [1.82, 2.24) is 9.97 Å². The molecule has 1 aliphatic rings. The number of carbonyl (C=O) groups is 2. The lowest BCUT2D eigenvalue weighted by atomic mass is 10.1. The first kappa shape index (κ1) is 51.4. The van der Waals surface area contributed by atoms with Gasteiger partial charge in [0.15, 0.2) is 52.9 Å². The number of hydrogen-bond acceptors (Lipinski definition) is 18. The van der Waals surface area contributed by atoms with Crippen molar-refractivity contribution in [3.8, 4) is 46.3 Å². The number of carbonyl (C=O) groups excluding carboxylic acids is 2. The van der Waals surface area contributed by atoms with Crippen LogP contribution in [-0.2, 0) is 29.3 Å². The van der Waals surface area contributed by atoms with Gasteiger partial charge in [-0.3, -0.25) is 20.2 Å². The van der Waals surface area contributed by atoms with Crippen LogP contribution >= 0.6 is 22.7 Å². The number of aromatic nitrogens is 2. The highest BCUT2D eigenvalue weighted by Gasteiger charge is 2.28. The van der Waals surface area contributed by atoms with Crippen LogP contribution in [0, 0.1) is 11.3 Å². The molecule has 0 aliphatic carbocycles. The number of nitriles is 1. The molecule has 22 heteroatoms. The zero-order valence-corrected chi connectivity index (χ0v) is 42.9. The van der Waals surface area contributed by atoms with Gasteiger partial charge in [0, 0.05) is 11.1 Å². The van der Waals surface area contributed by atoms with Gasteiger partial charge in [0.05, 0.1) is 65.3 Å². The van der Waals surface area contributed by atoms with Gasteiger partial charge in [0.1, 0.15) is 26.6 Å². The van der Waals surface area contributed by atoms with E-state index in [1.54, 1.807) is 118 Å². The van der Waals surface area contributed by atoms with E-state index in [0.717, 1.165) is 4.70 Å². The zero-order chi connectivity index (χ0) is 51.9. The third kappa shape index (κ3) is 11.6. The summed E-state index contributed by atoms with van der Waals surface area (Å²) in [6.45, 7) is 3.28. The predicted octanol–water partition coefficient (Wildman–Crippen LogP) is 9.32. The predicted molar refractivity (Wildman–Crippen MR) is 275 cm³/mol. The number of anilines is 2. The van der Waals surface area contributed by atoms with Crippen LogP contribution in [0.3, 0.4) is 0 Å². The Morgan fingerprint density at radius 1 is 0.616 bits per heavy atom. The molecule has 0 fully saturated rings. The minimum Gasteiger partial charge on any atom is -0.497 e. The highest BCUT2D eigenvalue weighted by Crippen LogP contribution is 2.44. The monoisotopic (exact) mass is 1060 g/mol. The molecule has 8 aromatic rings. The van der Waals surface area contributed by atoms with Crippen molar-refractivity contribution in [2.75, 3.05) is 50.3 Å². The number of benzene rings is 6. The van der Waals surface area contributed by atoms with Crippen LogP contribution < -0.4 is 43.8 Å². The Morgan fingerprint density at radius 3 is 1.58 bits per heavy atom. The van der Waals surface area contributed by atoms with Crippen LogP contribution in [0.5, 0.6) is 40.2 Å². The molecule has 9 rings (SSSR count). The van der Waals surface area contributed by atoms with Crippen molar-refractivity contribution >= 4 is 84.9 Å². The topological polar surface area (TPSA) is 241 Å². The second-order valence-corrected chi connectivity index (χ2v) is 22.1. The number of amides is 2. The summed E-state index contributed by atoms with van der Waals surface area (Å²) in [5.41, 5.74) is 2.66. The Kier molecular flexibility index (Phi) is 15.6. The lowest BCUT2D eigenvalue weighted by Crippen LogP contribution is -2.25. The van der Waals surface area contributed by atoms with Crippen molar-refractivity contribution in [2.24, 2.45) is 0 Å². The molecule has 3 heterocycles. The van der Waals surface area contributed by atoms with Gasteiger partial charge in [-0.15, -0.1) is 0 Å². The van der Waals surface area contributed by atoms with Crippen LogP contribution in [-0.4, -0.2) is 78.2 Å². The number of hydrogen-bond donors (Lipinski definition) is 2. The minimum atomic E-state index is -3.41. The maximum Gasteiger partial charge on any atom is 0.271 e. The molecule has 0 spiro atoms. The molecule has 2 N–H and O–H groups in total. The quantitative estimate of drug-likeness (QED) is 0.0863. The number of fused-ring (bicyclic) bond motifs is 4. The van der Waals surface area contributed by atoms with Crippen molar-refractivity contribution in [2.45, 2.75) is 35.8 Å². The molecule has 6 aromatic carbocycles. The Labute approximate surface area is 427 Å². The fraction of sp³-hybridized carbons (Fsp3) is 0.196. The van der Waals surface area contributed by atoms with Gasteiger partial charge in [-0.2, -0.15) is 5.26 Å². The molecule has 2 unspecified atom stereocenters. The fourth-order valence-electron chi connectivity index (χ4n) is 7.22. The van der Waals surface area contributed by atoms with Crippen molar-refractivity contribution in [3.63, 3.8) is 0 Å². The highest BCUT2D eigenvalue weighted by atomic mass is 32.2. The number of methoxy groups -OCH3 is 3. The molecule has 2 amide bonds. The highest BCUT2D eigenvalue weighted by molar-refractivity contribution is 7.91. The molecule has 2 atom stereocenters. The zero-order valence-electron chi connectivity index (χ0n) is 39.6. The Hall–Kier alpha value is -7.97. The van der Waals surface area contributed by atoms with Crippen LogP contribution in [0.25, 0.3) is 20.4 Å². The number of nitrogens with zero attached hydrogens (tertiary/aromatic N) is 3. The van der Waals surface area contributed by atoms with E-state index in [1.807, 2.05) is 6.07 Å². The summed E-state index contributed by atoms with van der Waals surface area (Å²) >= 11 is 2.48. The van der Waals surface area contributed by atoms with Crippen LogP contribution in [0.15, 0.2) is 131 Å². The Balaban J connectivity index is 0.000000195. The summed E-state index contributed by atoms with van der Waals surface area (Å²) in [5.74, 6) is 2.69. The molecule has 0 saturated heterocycles. The van der Waals surface area contributed by atoms with Crippen LogP contribution in [0.2, 0.25) is 0 Å². The van der Waals surface area contributed by atoms with E-state index in [2.05, 4.69) is 20.6 Å². The molecular weight excluding hydrogens is 1020 g/mol. The van der Waals surface area contributed by atoms with Crippen LogP contribution in [0.1, 0.15) is 42.7 Å². The third-order valence-corrected chi connectivity index (χ3v) is 16.6. The van der Waals surface area contributed by atoms with E-state index < -0.39 is 43.7 Å². The normalized spacial score (nSPS) is 12.7. The number of nitrogens with one attached hydrogen (secondary N) is 2. The molecule has 0 saturated carbocycles. The lowest BCUT2D eigenvalue weighted by Gasteiger charge is -2.19. The number of rotatable bonds is 17. The van der Waals surface area contributed by atoms with Gasteiger partial charge in [0.25, 0.3) is 11.8 Å². The van der Waals surface area contributed by atoms with E-state index in [1.165, 1.54) is 61.2 Å². The lowest BCUT2D eigenvalue weighted by molar-refractivity contribution is -0.123. The van der Waals surface area contributed by atoms with E-state index in [4.69, 9.17) is 38.4 Å². The first-order valence-electron chi connectivity index (χ1n) is 22.1. The second-order valence-electron chi connectivity index (χ2n) is 15.6. The Bertz CT molecular complexity index is 3560. The standard InChI is InChI=1S/C26H23N3O6S2.C25H22N2O7S2/c1-4-37(31,32)19-11-7-17(8-12-19)22(35-18-9-5-16(15-27)6-10-18)25(30)29-26-28-20-13-14-21(33-2)23(34-3)24(20)36-26;1-3-36(29,30)18-10-4-15(5-11-18)21(34-17-8-6-16(31-2)7-9-17)24(28)27-25-26-19-12-13-20-22(23(19)35-25)33-14-32-20/h5-14,22H,4H2,1-3H3,(H,28,29,30);4-13,21H,3,14H2,1-2H3,(H,26,27,28). The summed E-state index contributed by atoms with van der Waals surface area (Å²) in [6, 6.07) is 34.3. The summed E-state index contributed by atoms with van der Waals surface area (Å²) in [6.07, 6.45) is -2.20. The van der Waals surface area contributed by atoms with Crippen molar-refractivity contribution < 1.29 is 59.6 Å². The largest absolute Gasteiger partial charge is 0.497 e. The summed E-state index contributed by atoms with van der Waals surface area (Å²) in [4.78, 5) is 36.2. The average Bonchev–Trinajstić information content (AvgIpc) is 4.18. The molecule has 18 nitrogen and oxygen atoms in total. The van der Waals surface area contributed by atoms with Crippen molar-refractivity contribution in [1.29, 1.82) is 5.26 Å². The molecule has 0 radical (unpaired) electrons. The van der Waals surface area contributed by atoms with Gasteiger partial charge in [-0.25, -0.2) is 26.8 Å². The summed E-state index contributed by atoms with van der Waals surface area (Å²) in [7, 11) is -2.17. The third-order valence-electron chi connectivity index (χ3n) is 11.1. The van der Waals surface area contributed by atoms with Gasteiger partial charge < -0.3 is 33.2 Å². The number of thiazole rings is 2. The summed E-state index contributed by atoms with van der Waals surface area (Å²) in [5, 5.41) is 15.4. The van der Waals surface area contributed by atoms with E-state index in [0.29, 0.717) is 82.9 Å². The van der Waals surface area contributed by atoms with Crippen LogP contribution in [0.4, 0.5) is 10.3 Å². The maximum absolute atomic E-state index is 13.4. The summed E-state index contributed by atoms with van der Waals surface area (Å²) < 4.78 is 89.4.